The fourth-order valence-electron chi connectivity index (χ4n) is 1.90. The van der Waals surface area contributed by atoms with Crippen molar-refractivity contribution in [2.24, 2.45) is 11.8 Å². The molecule has 2 unspecified atom stereocenters. The van der Waals surface area contributed by atoms with Crippen molar-refractivity contribution in [2.75, 3.05) is 0 Å². The van der Waals surface area contributed by atoms with E-state index in [1.807, 2.05) is 0 Å². The van der Waals surface area contributed by atoms with E-state index in [9.17, 15) is 4.79 Å². The van der Waals surface area contributed by atoms with Crippen molar-refractivity contribution < 1.29 is 9.53 Å². The highest BCUT2D eigenvalue weighted by atomic mass is 16.6. The van der Waals surface area contributed by atoms with E-state index >= 15 is 0 Å². The summed E-state index contributed by atoms with van der Waals surface area (Å²) in [5, 5.41) is 0. The van der Waals surface area contributed by atoms with E-state index < -0.39 is 0 Å². The van der Waals surface area contributed by atoms with Crippen LogP contribution in [0.1, 0.15) is 26.2 Å². The van der Waals surface area contributed by atoms with Gasteiger partial charge in [-0.05, 0) is 25.2 Å². The van der Waals surface area contributed by atoms with Crippen LogP contribution < -0.4 is 0 Å². The smallest absolute Gasteiger partial charge is 0.309 e. The van der Waals surface area contributed by atoms with Crippen molar-refractivity contribution in [1.29, 1.82) is 0 Å². The van der Waals surface area contributed by atoms with E-state index in [1.165, 1.54) is 6.42 Å². The van der Waals surface area contributed by atoms with Gasteiger partial charge in [0.2, 0.25) is 0 Å². The molecule has 0 spiro atoms. The molecule has 2 bridgehead atoms. The second-order valence-electron chi connectivity index (χ2n) is 3.46. The third-order valence-electron chi connectivity index (χ3n) is 2.72. The van der Waals surface area contributed by atoms with Gasteiger partial charge in [-0.15, -0.1) is 0 Å². The number of ether oxygens (including phenoxy) is 1. The van der Waals surface area contributed by atoms with Crippen molar-refractivity contribution >= 4 is 5.97 Å². The van der Waals surface area contributed by atoms with Gasteiger partial charge in [0.1, 0.15) is 6.10 Å². The Bertz CT molecular complexity index is 165. The third kappa shape index (κ3) is 0.746. The summed E-state index contributed by atoms with van der Waals surface area (Å²) in [5.41, 5.74) is 0. The monoisotopic (exact) mass is 140 g/mol. The zero-order valence-electron chi connectivity index (χ0n) is 6.17. The molecule has 0 aromatic heterocycles. The fourth-order valence-corrected chi connectivity index (χ4v) is 1.90. The zero-order chi connectivity index (χ0) is 7.14. The van der Waals surface area contributed by atoms with Gasteiger partial charge in [-0.1, -0.05) is 6.92 Å². The zero-order valence-corrected chi connectivity index (χ0v) is 6.17. The molecule has 1 aliphatic carbocycles. The van der Waals surface area contributed by atoms with Gasteiger partial charge < -0.3 is 4.74 Å². The maximum absolute atomic E-state index is 11.0. The van der Waals surface area contributed by atoms with Crippen LogP contribution in [0.2, 0.25) is 0 Å². The van der Waals surface area contributed by atoms with Crippen LogP contribution in [0.15, 0.2) is 0 Å². The molecule has 2 aliphatic rings. The molecule has 56 valence electrons. The largest absolute Gasteiger partial charge is 0.462 e. The molecule has 2 nitrogen and oxygen atoms in total. The summed E-state index contributed by atoms with van der Waals surface area (Å²) in [5.74, 6) is 0.901. The normalized spacial score (nSPS) is 45.3. The van der Waals surface area contributed by atoms with Crippen molar-refractivity contribution in [3.8, 4) is 0 Å². The predicted molar refractivity (Wildman–Crippen MR) is 36.4 cm³/mol. The lowest BCUT2D eigenvalue weighted by molar-refractivity contribution is -0.144. The number of fused-ring (bicyclic) bond motifs is 2. The lowest BCUT2D eigenvalue weighted by Crippen LogP contribution is -2.20. The molecule has 0 aromatic carbocycles. The van der Waals surface area contributed by atoms with E-state index in [1.54, 1.807) is 0 Å². The Balaban J connectivity index is 2.15. The second kappa shape index (κ2) is 1.97. The van der Waals surface area contributed by atoms with Crippen LogP contribution in [0.3, 0.4) is 0 Å². The van der Waals surface area contributed by atoms with Crippen LogP contribution in [-0.2, 0) is 9.53 Å². The number of hydrogen-bond donors (Lipinski definition) is 0. The van der Waals surface area contributed by atoms with Crippen LogP contribution in [-0.4, -0.2) is 12.1 Å². The molecule has 2 heteroatoms. The highest BCUT2D eigenvalue weighted by Crippen LogP contribution is 2.37. The molecule has 10 heavy (non-hydrogen) atoms. The van der Waals surface area contributed by atoms with Crippen LogP contribution in [0.5, 0.6) is 0 Å². The van der Waals surface area contributed by atoms with E-state index in [0.29, 0.717) is 5.92 Å². The molecule has 0 radical (unpaired) electrons. The molecule has 1 saturated carbocycles. The first-order chi connectivity index (χ1) is 4.77. The molecule has 0 N–H and O–H groups in total. The number of carbonyl (C=O) groups is 1. The summed E-state index contributed by atoms with van der Waals surface area (Å²) in [4.78, 5) is 11.0. The van der Waals surface area contributed by atoms with Crippen LogP contribution in [0.25, 0.3) is 0 Å². The van der Waals surface area contributed by atoms with Gasteiger partial charge in [0.15, 0.2) is 0 Å². The fraction of sp³-hybridized carbons (Fsp3) is 0.875. The summed E-state index contributed by atoms with van der Waals surface area (Å²) in [6, 6.07) is 0. The van der Waals surface area contributed by atoms with E-state index in [-0.39, 0.29) is 18.0 Å². The number of hydrogen-bond acceptors (Lipinski definition) is 2. The maximum Gasteiger partial charge on any atom is 0.309 e. The molecule has 2 rings (SSSR count). The molecule has 1 aliphatic heterocycles. The minimum absolute atomic E-state index is 0.0503. The van der Waals surface area contributed by atoms with Crippen LogP contribution >= 0.6 is 0 Å². The van der Waals surface area contributed by atoms with E-state index in [4.69, 9.17) is 4.74 Å². The summed E-state index contributed by atoms with van der Waals surface area (Å²) in [6.07, 6.45) is 3.46. The topological polar surface area (TPSA) is 26.3 Å². The lowest BCUT2D eigenvalue weighted by atomic mass is 9.83. The van der Waals surface area contributed by atoms with E-state index in [2.05, 4.69) is 6.92 Å². The molecular weight excluding hydrogens is 128 g/mol. The van der Waals surface area contributed by atoms with E-state index in [0.717, 1.165) is 12.8 Å². The van der Waals surface area contributed by atoms with Crippen molar-refractivity contribution in [1.82, 2.24) is 0 Å². The highest BCUT2D eigenvalue weighted by molar-refractivity contribution is 5.75. The Morgan fingerprint density at radius 3 is 3.00 bits per heavy atom. The van der Waals surface area contributed by atoms with Crippen molar-refractivity contribution in [3.63, 3.8) is 0 Å². The van der Waals surface area contributed by atoms with Crippen LogP contribution in [0.4, 0.5) is 0 Å². The SMILES string of the molecule is C[C@H]1CCC2CC1OC2=O. The minimum Gasteiger partial charge on any atom is -0.462 e. The summed E-state index contributed by atoms with van der Waals surface area (Å²) in [6.45, 7) is 2.17. The predicted octanol–water partition coefficient (Wildman–Crippen LogP) is 1.35. The lowest BCUT2D eigenvalue weighted by Gasteiger charge is -2.21. The first-order valence-corrected chi connectivity index (χ1v) is 3.98. The first-order valence-electron chi connectivity index (χ1n) is 3.98. The molecule has 0 aromatic rings. The Labute approximate surface area is 60.6 Å². The molecule has 1 saturated heterocycles. The Morgan fingerprint density at radius 2 is 2.30 bits per heavy atom. The maximum atomic E-state index is 11.0. The average Bonchev–Trinajstić information content (AvgIpc) is 2.21. The van der Waals surface area contributed by atoms with Crippen LogP contribution in [0, 0.1) is 11.8 Å². The average molecular weight is 140 g/mol. The van der Waals surface area contributed by atoms with Gasteiger partial charge in [0.25, 0.3) is 0 Å². The van der Waals surface area contributed by atoms with Gasteiger partial charge in [0.05, 0.1) is 5.92 Å². The van der Waals surface area contributed by atoms with Crippen molar-refractivity contribution in [3.05, 3.63) is 0 Å². The highest BCUT2D eigenvalue weighted by Gasteiger charge is 2.41. The Hall–Kier alpha value is -0.530. The summed E-state index contributed by atoms with van der Waals surface area (Å²) in [7, 11) is 0. The molecular formula is C8H12O2. The molecule has 1 heterocycles. The van der Waals surface area contributed by atoms with Gasteiger partial charge in [-0.3, -0.25) is 4.79 Å². The number of carbonyl (C=O) groups excluding carboxylic acids is 1. The summed E-state index contributed by atoms with van der Waals surface area (Å²) >= 11 is 0. The molecule has 0 amide bonds. The third-order valence-corrected chi connectivity index (χ3v) is 2.72. The number of rotatable bonds is 0. The minimum atomic E-state index is 0.0503. The van der Waals surface area contributed by atoms with Crippen molar-refractivity contribution in [2.45, 2.75) is 32.3 Å². The quantitative estimate of drug-likeness (QED) is 0.475. The molecule has 3 atom stereocenters. The standard InChI is InChI=1S/C8H12O2/c1-5-2-3-6-4-7(5)10-8(6)9/h5-7H,2-4H2,1H3/t5-,6?,7?/m0/s1. The van der Waals surface area contributed by atoms with Gasteiger partial charge in [-0.2, -0.15) is 0 Å². The number of esters is 1. The van der Waals surface area contributed by atoms with Gasteiger partial charge in [0, 0.05) is 0 Å². The Morgan fingerprint density at radius 1 is 1.50 bits per heavy atom. The second-order valence-corrected chi connectivity index (χ2v) is 3.46. The van der Waals surface area contributed by atoms with Gasteiger partial charge >= 0.3 is 5.97 Å². The Kier molecular flexibility index (Phi) is 1.22. The van der Waals surface area contributed by atoms with Gasteiger partial charge in [-0.25, -0.2) is 0 Å². The summed E-state index contributed by atoms with van der Waals surface area (Å²) < 4.78 is 5.16. The first kappa shape index (κ1) is 6.20. The molecule has 2 fully saturated rings.